The van der Waals surface area contributed by atoms with E-state index in [9.17, 15) is 14.7 Å². The van der Waals surface area contributed by atoms with Crippen molar-refractivity contribution in [1.29, 1.82) is 0 Å². The molecular formula is C24H27NO7. The summed E-state index contributed by atoms with van der Waals surface area (Å²) in [5, 5.41) is 15.8. The number of oxime groups is 1. The Kier molecular flexibility index (Phi) is 4.47. The second kappa shape index (κ2) is 6.81. The summed E-state index contributed by atoms with van der Waals surface area (Å²) >= 11 is 0. The average molecular weight is 441 g/mol. The molecule has 0 bridgehead atoms. The molecule has 2 heterocycles. The summed E-state index contributed by atoms with van der Waals surface area (Å²) in [6.45, 7) is 3.62. The highest BCUT2D eigenvalue weighted by molar-refractivity contribution is 6.07. The molecule has 8 heteroatoms. The minimum absolute atomic E-state index is 0.182. The van der Waals surface area contributed by atoms with Crippen LogP contribution in [0.15, 0.2) is 35.5 Å². The third-order valence-electron chi connectivity index (χ3n) is 8.07. The molecule has 0 aromatic heterocycles. The predicted octanol–water partition coefficient (Wildman–Crippen LogP) is 2.41. The van der Waals surface area contributed by atoms with Gasteiger partial charge in [0, 0.05) is 12.0 Å². The van der Waals surface area contributed by atoms with Crippen LogP contribution < -0.4 is 9.47 Å². The maximum Gasteiger partial charge on any atom is 0.354 e. The predicted molar refractivity (Wildman–Crippen MR) is 113 cm³/mol. The fraction of sp³-hybridized carbons (Fsp3) is 0.542. The normalized spacial score (nSPS) is 39.8. The number of carbonyl (C=O) groups excluding carboxylic acids is 2. The topological polar surface area (TPSA) is 104 Å². The van der Waals surface area contributed by atoms with Gasteiger partial charge in [0.05, 0.1) is 25.8 Å². The zero-order chi connectivity index (χ0) is 22.9. The Balaban J connectivity index is 1.53. The SMILES string of the molecule is COc1ccc(OC)c(C2=NOC3(C2)C(=O)OC2C3CC[C@H](C)[C@]3(O)C=CC(=O)[C@@]23C)c1. The number of rotatable bonds is 3. The smallest absolute Gasteiger partial charge is 0.354 e. The van der Waals surface area contributed by atoms with Crippen molar-refractivity contribution in [3.63, 3.8) is 0 Å². The van der Waals surface area contributed by atoms with Crippen molar-refractivity contribution in [3.8, 4) is 11.5 Å². The first-order chi connectivity index (χ1) is 15.2. The van der Waals surface area contributed by atoms with Crippen LogP contribution in [0.5, 0.6) is 11.5 Å². The van der Waals surface area contributed by atoms with Gasteiger partial charge in [0.1, 0.15) is 28.6 Å². The standard InChI is InChI=1S/C24H27NO7/c1-13-5-7-16-20(22(2)19(26)9-10-24(13,22)28)31-21(27)23(16)12-17(25-32-23)15-11-14(29-3)6-8-18(15)30-4/h6,8-11,13,16,20,28H,5,7,12H2,1-4H3/t13-,16?,20?,22-,23?,24+/m0/s1. The number of carbonyl (C=O) groups is 2. The number of ether oxygens (including phenoxy) is 3. The maximum atomic E-state index is 13.3. The van der Waals surface area contributed by atoms with E-state index in [-0.39, 0.29) is 18.1 Å². The van der Waals surface area contributed by atoms with Gasteiger partial charge in [-0.25, -0.2) is 4.79 Å². The molecule has 1 aromatic rings. The third-order valence-corrected chi connectivity index (χ3v) is 8.07. The van der Waals surface area contributed by atoms with E-state index >= 15 is 0 Å². The molecule has 3 unspecified atom stereocenters. The van der Waals surface area contributed by atoms with Gasteiger partial charge in [-0.2, -0.15) is 0 Å². The van der Waals surface area contributed by atoms with Crippen LogP contribution in [0.4, 0.5) is 0 Å². The monoisotopic (exact) mass is 441 g/mol. The summed E-state index contributed by atoms with van der Waals surface area (Å²) < 4.78 is 16.7. The number of nitrogens with zero attached hydrogens (tertiary/aromatic N) is 1. The van der Waals surface area contributed by atoms with Crippen LogP contribution >= 0.6 is 0 Å². The minimum atomic E-state index is -1.38. The van der Waals surface area contributed by atoms with Crippen LogP contribution in [0, 0.1) is 17.3 Å². The zero-order valence-electron chi connectivity index (χ0n) is 18.6. The van der Waals surface area contributed by atoms with Gasteiger partial charge < -0.3 is 24.2 Å². The van der Waals surface area contributed by atoms with Crippen molar-refractivity contribution in [2.24, 2.45) is 22.4 Å². The highest BCUT2D eigenvalue weighted by Crippen LogP contribution is 2.59. The lowest BCUT2D eigenvalue weighted by Gasteiger charge is -2.43. The van der Waals surface area contributed by atoms with Crippen molar-refractivity contribution in [2.45, 2.75) is 50.4 Å². The van der Waals surface area contributed by atoms with Gasteiger partial charge in [-0.15, -0.1) is 0 Å². The molecule has 1 spiro atoms. The van der Waals surface area contributed by atoms with E-state index in [2.05, 4.69) is 5.16 Å². The number of methoxy groups -OCH3 is 2. The van der Waals surface area contributed by atoms with E-state index in [4.69, 9.17) is 19.0 Å². The van der Waals surface area contributed by atoms with Crippen LogP contribution in [-0.2, 0) is 19.2 Å². The summed E-state index contributed by atoms with van der Waals surface area (Å²) in [5.41, 5.74) is -2.78. The van der Waals surface area contributed by atoms with Crippen molar-refractivity contribution in [3.05, 3.63) is 35.9 Å². The third kappa shape index (κ3) is 2.44. The number of fused-ring (bicyclic) bond motifs is 4. The van der Waals surface area contributed by atoms with Gasteiger partial charge in [-0.1, -0.05) is 12.1 Å². The molecule has 1 saturated heterocycles. The maximum absolute atomic E-state index is 13.3. The number of benzene rings is 1. The fourth-order valence-electron chi connectivity index (χ4n) is 5.98. The van der Waals surface area contributed by atoms with Crippen LogP contribution in [0.3, 0.4) is 0 Å². The Morgan fingerprint density at radius 2 is 1.97 bits per heavy atom. The lowest BCUT2D eigenvalue weighted by molar-refractivity contribution is -0.169. The number of ketones is 1. The largest absolute Gasteiger partial charge is 0.497 e. The van der Waals surface area contributed by atoms with Gasteiger partial charge in [0.15, 0.2) is 5.78 Å². The second-order valence-corrected chi connectivity index (χ2v) is 9.40. The first kappa shape index (κ1) is 21.0. The quantitative estimate of drug-likeness (QED) is 0.719. The Hall–Kier alpha value is -2.87. The molecule has 5 rings (SSSR count). The first-order valence-corrected chi connectivity index (χ1v) is 10.9. The highest BCUT2D eigenvalue weighted by Gasteiger charge is 2.73. The van der Waals surface area contributed by atoms with E-state index in [0.29, 0.717) is 35.6 Å². The minimum Gasteiger partial charge on any atom is -0.497 e. The summed E-state index contributed by atoms with van der Waals surface area (Å²) in [6, 6.07) is 5.34. The van der Waals surface area contributed by atoms with Crippen molar-refractivity contribution in [2.75, 3.05) is 14.2 Å². The van der Waals surface area contributed by atoms with E-state index in [0.717, 1.165) is 0 Å². The Labute approximate surface area is 186 Å². The summed E-state index contributed by atoms with van der Waals surface area (Å²) in [5.74, 6) is -0.193. The van der Waals surface area contributed by atoms with Crippen molar-refractivity contribution >= 4 is 17.5 Å². The molecule has 2 aliphatic carbocycles. The number of esters is 1. The molecule has 1 N–H and O–H groups in total. The number of hydrogen-bond donors (Lipinski definition) is 1. The number of aliphatic hydroxyl groups is 1. The van der Waals surface area contributed by atoms with Crippen LogP contribution in [0.25, 0.3) is 0 Å². The molecule has 2 aliphatic heterocycles. The number of hydrogen-bond acceptors (Lipinski definition) is 8. The Morgan fingerprint density at radius 1 is 1.19 bits per heavy atom. The molecule has 170 valence electrons. The molecule has 0 amide bonds. The summed E-state index contributed by atoms with van der Waals surface area (Å²) in [7, 11) is 3.13. The Morgan fingerprint density at radius 3 is 2.69 bits per heavy atom. The molecular weight excluding hydrogens is 414 g/mol. The molecule has 0 radical (unpaired) electrons. The summed E-state index contributed by atoms with van der Waals surface area (Å²) in [4.78, 5) is 32.1. The molecule has 8 nitrogen and oxygen atoms in total. The van der Waals surface area contributed by atoms with Gasteiger partial charge in [0.2, 0.25) is 5.60 Å². The lowest BCUT2D eigenvalue weighted by atomic mass is 9.63. The molecule has 32 heavy (non-hydrogen) atoms. The van der Waals surface area contributed by atoms with Crippen molar-refractivity contribution < 1.29 is 33.7 Å². The van der Waals surface area contributed by atoms with E-state index in [1.807, 2.05) is 6.92 Å². The fourth-order valence-corrected chi connectivity index (χ4v) is 5.98. The molecule has 2 fully saturated rings. The van der Waals surface area contributed by atoms with E-state index in [1.165, 1.54) is 6.08 Å². The average Bonchev–Trinajstić information content (AvgIpc) is 3.41. The highest BCUT2D eigenvalue weighted by atomic mass is 16.7. The first-order valence-electron chi connectivity index (χ1n) is 10.9. The Bertz CT molecular complexity index is 1060. The molecule has 1 aromatic carbocycles. The molecule has 6 atom stereocenters. The van der Waals surface area contributed by atoms with E-state index in [1.54, 1.807) is 45.4 Å². The van der Waals surface area contributed by atoms with Gasteiger partial charge in [-0.3, -0.25) is 4.79 Å². The zero-order valence-corrected chi connectivity index (χ0v) is 18.6. The molecule has 4 aliphatic rings. The van der Waals surface area contributed by atoms with Gasteiger partial charge >= 0.3 is 5.97 Å². The van der Waals surface area contributed by atoms with Crippen LogP contribution in [-0.4, -0.2) is 54.1 Å². The van der Waals surface area contributed by atoms with Crippen molar-refractivity contribution in [1.82, 2.24) is 0 Å². The van der Waals surface area contributed by atoms with Gasteiger partial charge in [0.25, 0.3) is 0 Å². The summed E-state index contributed by atoms with van der Waals surface area (Å²) in [6.07, 6.45) is 3.53. The van der Waals surface area contributed by atoms with Crippen LogP contribution in [0.1, 0.15) is 38.7 Å². The molecule has 1 saturated carbocycles. The number of allylic oxidation sites excluding steroid dienone is 1. The van der Waals surface area contributed by atoms with Gasteiger partial charge in [-0.05, 0) is 56.0 Å². The second-order valence-electron chi connectivity index (χ2n) is 9.40. The van der Waals surface area contributed by atoms with E-state index < -0.39 is 34.6 Å². The lowest BCUT2D eigenvalue weighted by Crippen LogP contribution is -2.57. The van der Waals surface area contributed by atoms with Crippen LogP contribution in [0.2, 0.25) is 0 Å².